The van der Waals surface area contributed by atoms with Crippen LogP contribution in [0.15, 0.2) is 0 Å². The minimum Gasteiger partial charge on any atom is -0.303 e. The maximum atomic E-state index is 8.95. The second-order valence-corrected chi connectivity index (χ2v) is 4.11. The number of ether oxygens (including phenoxy) is 1. The first-order valence-corrected chi connectivity index (χ1v) is 4.38. The van der Waals surface area contributed by atoms with E-state index in [1.54, 1.807) is 13.8 Å². The fraction of sp³-hybridized carbons (Fsp3) is 1.00. The van der Waals surface area contributed by atoms with Crippen molar-refractivity contribution in [3.63, 3.8) is 0 Å². The highest BCUT2D eigenvalue weighted by molar-refractivity contribution is 7.60. The molecule has 0 spiro atoms. The Morgan fingerprint density at radius 2 is 1.89 bits per heavy atom. The molecule has 0 amide bonds. The molecule has 0 aromatic rings. The minimum atomic E-state index is -3.16. The zero-order valence-electron chi connectivity index (χ0n) is 5.31. The summed E-state index contributed by atoms with van der Waals surface area (Å²) >= 11 is 0. The first-order chi connectivity index (χ1) is 4.02. The lowest BCUT2D eigenvalue weighted by Crippen LogP contribution is -2.04. The first kappa shape index (κ1) is 7.38. The molecule has 54 valence electrons. The number of hydrogen-bond donors (Lipinski definition) is 2. The summed E-state index contributed by atoms with van der Waals surface area (Å²) in [6, 6.07) is 0. The van der Waals surface area contributed by atoms with E-state index in [-0.39, 0.29) is 0 Å². The molecule has 2 N–H and O–H groups in total. The lowest BCUT2D eigenvalue weighted by atomic mass is 10.7. The SMILES string of the molecule is CC1OC(C)[P+](O)(O)O1. The summed E-state index contributed by atoms with van der Waals surface area (Å²) in [6.45, 7) is 3.21. The van der Waals surface area contributed by atoms with E-state index in [1.807, 2.05) is 0 Å². The molecule has 2 atom stereocenters. The maximum Gasteiger partial charge on any atom is 0.439 e. The average molecular weight is 153 g/mol. The van der Waals surface area contributed by atoms with Crippen LogP contribution in [0.5, 0.6) is 0 Å². The molecule has 1 fully saturated rings. The van der Waals surface area contributed by atoms with Crippen molar-refractivity contribution < 1.29 is 19.0 Å². The van der Waals surface area contributed by atoms with Gasteiger partial charge in [-0.05, 0) is 6.92 Å². The Hall–Kier alpha value is 0.270. The van der Waals surface area contributed by atoms with E-state index < -0.39 is 20.1 Å². The van der Waals surface area contributed by atoms with Crippen molar-refractivity contribution in [3.05, 3.63) is 0 Å². The predicted molar refractivity (Wildman–Crippen MR) is 32.5 cm³/mol. The lowest BCUT2D eigenvalue weighted by Gasteiger charge is -2.02. The van der Waals surface area contributed by atoms with Crippen LogP contribution < -0.4 is 0 Å². The molecule has 5 heteroatoms. The molecule has 4 nitrogen and oxygen atoms in total. The topological polar surface area (TPSA) is 58.9 Å². The van der Waals surface area contributed by atoms with Crippen molar-refractivity contribution in [2.45, 2.75) is 26.0 Å². The Bertz CT molecular complexity index is 115. The maximum absolute atomic E-state index is 8.95. The van der Waals surface area contributed by atoms with Gasteiger partial charge in [-0.3, -0.25) is 0 Å². The van der Waals surface area contributed by atoms with E-state index in [0.29, 0.717) is 0 Å². The van der Waals surface area contributed by atoms with E-state index in [4.69, 9.17) is 14.5 Å². The first-order valence-electron chi connectivity index (χ1n) is 2.70. The van der Waals surface area contributed by atoms with Gasteiger partial charge < -0.3 is 4.74 Å². The standard InChI is InChI=1S/C4H10O4P/c1-3-7-4(2)9(5,6)8-3/h3-6H,1-2H3/q+1. The van der Waals surface area contributed by atoms with Gasteiger partial charge in [-0.25, -0.2) is 0 Å². The second-order valence-electron chi connectivity index (χ2n) is 2.00. The largest absolute Gasteiger partial charge is 0.439 e. The van der Waals surface area contributed by atoms with Crippen LogP contribution in [0, 0.1) is 0 Å². The van der Waals surface area contributed by atoms with Crippen LogP contribution in [0.25, 0.3) is 0 Å². The van der Waals surface area contributed by atoms with Crippen LogP contribution in [0.4, 0.5) is 0 Å². The van der Waals surface area contributed by atoms with Crippen molar-refractivity contribution in [1.29, 1.82) is 0 Å². The molecule has 0 saturated carbocycles. The molecule has 0 aromatic heterocycles. The van der Waals surface area contributed by atoms with E-state index in [9.17, 15) is 0 Å². The smallest absolute Gasteiger partial charge is 0.303 e. The van der Waals surface area contributed by atoms with Crippen LogP contribution in [0.2, 0.25) is 0 Å². The van der Waals surface area contributed by atoms with E-state index in [2.05, 4.69) is 4.52 Å². The minimum absolute atomic E-state index is 0.483. The second kappa shape index (κ2) is 2.15. The van der Waals surface area contributed by atoms with Gasteiger partial charge in [0.25, 0.3) is 0 Å². The summed E-state index contributed by atoms with van der Waals surface area (Å²) in [6.07, 6.45) is -0.483. The molecule has 1 rings (SSSR count). The van der Waals surface area contributed by atoms with Gasteiger partial charge in [0.05, 0.1) is 0 Å². The fourth-order valence-corrected chi connectivity index (χ4v) is 1.67. The molecule has 1 heterocycles. The Morgan fingerprint density at radius 3 is 2.00 bits per heavy atom. The molecule has 9 heavy (non-hydrogen) atoms. The molecule has 1 aliphatic heterocycles. The third-order valence-electron chi connectivity index (χ3n) is 1.17. The molecular formula is C4H10O4P+. The summed E-state index contributed by atoms with van der Waals surface area (Å²) in [5.41, 5.74) is 0. The molecule has 1 aliphatic rings. The normalized spacial score (nSPS) is 41.3. The van der Waals surface area contributed by atoms with Gasteiger partial charge in [0.2, 0.25) is 12.1 Å². The van der Waals surface area contributed by atoms with Crippen molar-refractivity contribution in [2.75, 3.05) is 0 Å². The Labute approximate surface area is 54.0 Å². The number of rotatable bonds is 0. The summed E-state index contributed by atoms with van der Waals surface area (Å²) < 4.78 is 9.56. The lowest BCUT2D eigenvalue weighted by molar-refractivity contribution is -0.0292. The van der Waals surface area contributed by atoms with E-state index >= 15 is 0 Å². The molecule has 0 aliphatic carbocycles. The Balaban J connectivity index is 2.58. The van der Waals surface area contributed by atoms with Gasteiger partial charge in [-0.2, -0.15) is 9.79 Å². The van der Waals surface area contributed by atoms with Crippen LogP contribution in [-0.4, -0.2) is 21.9 Å². The van der Waals surface area contributed by atoms with E-state index in [1.165, 1.54) is 0 Å². The van der Waals surface area contributed by atoms with Gasteiger partial charge in [-0.1, -0.05) is 0 Å². The van der Waals surface area contributed by atoms with Crippen molar-refractivity contribution in [2.24, 2.45) is 0 Å². The van der Waals surface area contributed by atoms with Crippen LogP contribution >= 0.6 is 7.94 Å². The summed E-state index contributed by atoms with van der Waals surface area (Å²) in [7, 11) is -3.16. The third-order valence-corrected chi connectivity index (χ3v) is 2.84. The highest BCUT2D eigenvalue weighted by atomic mass is 31.2. The molecule has 0 radical (unpaired) electrons. The molecule has 2 unspecified atom stereocenters. The monoisotopic (exact) mass is 153 g/mol. The molecular weight excluding hydrogens is 143 g/mol. The van der Waals surface area contributed by atoms with Gasteiger partial charge >= 0.3 is 7.94 Å². The van der Waals surface area contributed by atoms with Gasteiger partial charge in [-0.15, -0.1) is 4.52 Å². The highest BCUT2D eigenvalue weighted by Gasteiger charge is 2.53. The van der Waals surface area contributed by atoms with Crippen molar-refractivity contribution in [1.82, 2.24) is 0 Å². The third kappa shape index (κ3) is 1.39. The Kier molecular flexibility index (Phi) is 1.76. The summed E-state index contributed by atoms with van der Waals surface area (Å²) in [5, 5.41) is 0. The summed E-state index contributed by atoms with van der Waals surface area (Å²) in [4.78, 5) is 17.9. The van der Waals surface area contributed by atoms with Crippen LogP contribution in [0.1, 0.15) is 13.8 Å². The summed E-state index contributed by atoms with van der Waals surface area (Å²) in [5.74, 6) is -0.563. The van der Waals surface area contributed by atoms with Gasteiger partial charge in [0.15, 0.2) is 0 Å². The van der Waals surface area contributed by atoms with Crippen LogP contribution in [-0.2, 0) is 9.26 Å². The Morgan fingerprint density at radius 1 is 1.33 bits per heavy atom. The van der Waals surface area contributed by atoms with Gasteiger partial charge in [0, 0.05) is 6.92 Å². The van der Waals surface area contributed by atoms with E-state index in [0.717, 1.165) is 0 Å². The zero-order chi connectivity index (χ0) is 7.07. The number of hydrogen-bond acceptors (Lipinski definition) is 4. The van der Waals surface area contributed by atoms with Gasteiger partial charge in [0.1, 0.15) is 0 Å². The fourth-order valence-electron chi connectivity index (χ4n) is 0.686. The van der Waals surface area contributed by atoms with Crippen molar-refractivity contribution >= 4 is 7.94 Å². The predicted octanol–water partition coefficient (Wildman–Crippen LogP) is 0.472. The molecule has 1 saturated heterocycles. The molecule has 0 aromatic carbocycles. The molecule has 0 bridgehead atoms. The average Bonchev–Trinajstić information content (AvgIpc) is 1.79. The quantitative estimate of drug-likeness (QED) is 0.496. The van der Waals surface area contributed by atoms with Crippen molar-refractivity contribution in [3.8, 4) is 0 Å². The van der Waals surface area contributed by atoms with Crippen LogP contribution in [0.3, 0.4) is 0 Å². The highest BCUT2D eigenvalue weighted by Crippen LogP contribution is 2.61. The zero-order valence-corrected chi connectivity index (χ0v) is 6.21.